The smallest absolute Gasteiger partial charge is 0.127 e. The summed E-state index contributed by atoms with van der Waals surface area (Å²) < 4.78 is 5.82. The fourth-order valence-corrected chi connectivity index (χ4v) is 2.28. The number of hydrogen-bond acceptors (Lipinski definition) is 2. The molecule has 2 nitrogen and oxygen atoms in total. The molecule has 1 unspecified atom stereocenters. The van der Waals surface area contributed by atoms with Crippen molar-refractivity contribution < 1.29 is 4.74 Å². The zero-order chi connectivity index (χ0) is 13.7. The van der Waals surface area contributed by atoms with Gasteiger partial charge in [0.25, 0.3) is 0 Å². The van der Waals surface area contributed by atoms with Crippen LogP contribution in [0, 0.1) is 0 Å². The van der Waals surface area contributed by atoms with Gasteiger partial charge >= 0.3 is 0 Å². The van der Waals surface area contributed by atoms with Crippen LogP contribution in [0.1, 0.15) is 32.3 Å². The molecule has 0 spiro atoms. The summed E-state index contributed by atoms with van der Waals surface area (Å²) in [6.07, 6.45) is 2.95. The lowest BCUT2D eigenvalue weighted by Crippen LogP contribution is -2.21. The molecule has 0 bridgehead atoms. The number of hydrogen-bond donors (Lipinski definition) is 1. The maximum absolute atomic E-state index is 6.08. The SMILES string of the molecule is CCCOc1ccc(CC(N)CC)c2ccccc12. The molecule has 0 saturated carbocycles. The normalized spacial score (nSPS) is 12.6. The lowest BCUT2D eigenvalue weighted by atomic mass is 9.97. The van der Waals surface area contributed by atoms with Crippen molar-refractivity contribution in [2.24, 2.45) is 5.73 Å². The van der Waals surface area contributed by atoms with Gasteiger partial charge in [0.2, 0.25) is 0 Å². The standard InChI is InChI=1S/C17H23NO/c1-3-11-19-17-10-9-13(12-14(18)4-2)15-7-5-6-8-16(15)17/h5-10,14H,3-4,11-12,18H2,1-2H3. The Morgan fingerprint density at radius 3 is 2.47 bits per heavy atom. The van der Waals surface area contributed by atoms with E-state index in [9.17, 15) is 0 Å². The van der Waals surface area contributed by atoms with E-state index in [1.54, 1.807) is 0 Å². The molecule has 2 aromatic rings. The molecule has 0 radical (unpaired) electrons. The summed E-state index contributed by atoms with van der Waals surface area (Å²) in [5.74, 6) is 0.978. The van der Waals surface area contributed by atoms with Crippen LogP contribution in [0.4, 0.5) is 0 Å². The van der Waals surface area contributed by atoms with Crippen molar-refractivity contribution in [3.63, 3.8) is 0 Å². The van der Waals surface area contributed by atoms with Crippen LogP contribution in [-0.4, -0.2) is 12.6 Å². The van der Waals surface area contributed by atoms with Crippen LogP contribution in [0.25, 0.3) is 10.8 Å². The van der Waals surface area contributed by atoms with Gasteiger partial charge in [-0.15, -0.1) is 0 Å². The van der Waals surface area contributed by atoms with Crippen LogP contribution in [0.15, 0.2) is 36.4 Å². The zero-order valence-electron chi connectivity index (χ0n) is 11.9. The highest BCUT2D eigenvalue weighted by Crippen LogP contribution is 2.29. The molecule has 0 amide bonds. The molecule has 0 aliphatic carbocycles. The lowest BCUT2D eigenvalue weighted by molar-refractivity contribution is 0.321. The number of ether oxygens (including phenoxy) is 1. The van der Waals surface area contributed by atoms with Gasteiger partial charge in [-0.05, 0) is 36.3 Å². The van der Waals surface area contributed by atoms with Gasteiger partial charge in [0.1, 0.15) is 5.75 Å². The third-order valence-corrected chi connectivity index (χ3v) is 3.44. The first-order chi connectivity index (χ1) is 9.26. The van der Waals surface area contributed by atoms with Crippen molar-refractivity contribution in [1.82, 2.24) is 0 Å². The summed E-state index contributed by atoms with van der Waals surface area (Å²) in [4.78, 5) is 0. The van der Waals surface area contributed by atoms with Crippen molar-refractivity contribution >= 4 is 10.8 Å². The molecule has 2 rings (SSSR count). The molecule has 2 N–H and O–H groups in total. The first-order valence-corrected chi connectivity index (χ1v) is 7.15. The summed E-state index contributed by atoms with van der Waals surface area (Å²) in [6, 6.07) is 12.9. The minimum atomic E-state index is 0.228. The molecule has 0 aromatic heterocycles. The summed E-state index contributed by atoms with van der Waals surface area (Å²) in [6.45, 7) is 5.01. The van der Waals surface area contributed by atoms with Crippen molar-refractivity contribution in [2.75, 3.05) is 6.61 Å². The van der Waals surface area contributed by atoms with Crippen LogP contribution in [0.2, 0.25) is 0 Å². The van der Waals surface area contributed by atoms with E-state index in [0.29, 0.717) is 0 Å². The summed E-state index contributed by atoms with van der Waals surface area (Å²) in [7, 11) is 0. The van der Waals surface area contributed by atoms with E-state index in [-0.39, 0.29) is 6.04 Å². The predicted molar refractivity (Wildman–Crippen MR) is 81.7 cm³/mol. The Kier molecular flexibility index (Phi) is 4.80. The number of fused-ring (bicyclic) bond motifs is 1. The molecule has 0 heterocycles. The van der Waals surface area contributed by atoms with E-state index in [2.05, 4.69) is 50.2 Å². The average molecular weight is 257 g/mol. The molecule has 1 atom stereocenters. The molecule has 2 aromatic carbocycles. The molecular formula is C17H23NO. The van der Waals surface area contributed by atoms with Crippen LogP contribution in [-0.2, 0) is 6.42 Å². The van der Waals surface area contributed by atoms with Crippen LogP contribution < -0.4 is 10.5 Å². The average Bonchev–Trinajstić information content (AvgIpc) is 2.46. The Labute approximate surface area is 115 Å². The van der Waals surface area contributed by atoms with Gasteiger partial charge in [-0.1, -0.05) is 44.2 Å². The molecule has 0 fully saturated rings. The Morgan fingerprint density at radius 1 is 1.05 bits per heavy atom. The molecular weight excluding hydrogens is 234 g/mol. The van der Waals surface area contributed by atoms with Gasteiger partial charge in [-0.2, -0.15) is 0 Å². The van der Waals surface area contributed by atoms with E-state index in [0.717, 1.165) is 31.6 Å². The van der Waals surface area contributed by atoms with E-state index in [1.165, 1.54) is 16.3 Å². The maximum Gasteiger partial charge on any atom is 0.127 e. The molecule has 19 heavy (non-hydrogen) atoms. The first-order valence-electron chi connectivity index (χ1n) is 7.15. The fourth-order valence-electron chi connectivity index (χ4n) is 2.28. The van der Waals surface area contributed by atoms with Crippen molar-refractivity contribution in [1.29, 1.82) is 0 Å². The van der Waals surface area contributed by atoms with Gasteiger partial charge in [-0.25, -0.2) is 0 Å². The van der Waals surface area contributed by atoms with Crippen LogP contribution >= 0.6 is 0 Å². The molecule has 0 saturated heterocycles. The number of rotatable bonds is 6. The van der Waals surface area contributed by atoms with Gasteiger partial charge in [-0.3, -0.25) is 0 Å². The highest BCUT2D eigenvalue weighted by Gasteiger charge is 2.09. The third kappa shape index (κ3) is 3.27. The maximum atomic E-state index is 6.08. The number of benzene rings is 2. The summed E-state index contributed by atoms with van der Waals surface area (Å²) >= 11 is 0. The number of nitrogens with two attached hydrogens (primary N) is 1. The predicted octanol–water partition coefficient (Wildman–Crippen LogP) is 3.91. The second kappa shape index (κ2) is 6.58. The quantitative estimate of drug-likeness (QED) is 0.851. The largest absolute Gasteiger partial charge is 0.493 e. The minimum Gasteiger partial charge on any atom is -0.493 e. The Balaban J connectivity index is 2.39. The minimum absolute atomic E-state index is 0.228. The fraction of sp³-hybridized carbons (Fsp3) is 0.412. The third-order valence-electron chi connectivity index (χ3n) is 3.44. The van der Waals surface area contributed by atoms with E-state index in [4.69, 9.17) is 10.5 Å². The van der Waals surface area contributed by atoms with E-state index in [1.807, 2.05) is 0 Å². The molecule has 0 aliphatic heterocycles. The van der Waals surface area contributed by atoms with E-state index < -0.39 is 0 Å². The van der Waals surface area contributed by atoms with Crippen molar-refractivity contribution in [2.45, 2.75) is 39.2 Å². The van der Waals surface area contributed by atoms with Gasteiger partial charge < -0.3 is 10.5 Å². The highest BCUT2D eigenvalue weighted by molar-refractivity contribution is 5.91. The van der Waals surface area contributed by atoms with Crippen LogP contribution in [0.5, 0.6) is 5.75 Å². The first kappa shape index (κ1) is 13.9. The van der Waals surface area contributed by atoms with Gasteiger partial charge in [0.05, 0.1) is 6.61 Å². The zero-order valence-corrected chi connectivity index (χ0v) is 11.9. The molecule has 0 aliphatic rings. The monoisotopic (exact) mass is 257 g/mol. The summed E-state index contributed by atoms with van der Waals surface area (Å²) in [5.41, 5.74) is 7.40. The molecule has 102 valence electrons. The van der Waals surface area contributed by atoms with Gasteiger partial charge in [0, 0.05) is 11.4 Å². The van der Waals surface area contributed by atoms with Crippen molar-refractivity contribution in [3.8, 4) is 5.75 Å². The lowest BCUT2D eigenvalue weighted by Gasteiger charge is -2.14. The summed E-state index contributed by atoms with van der Waals surface area (Å²) in [5, 5.41) is 2.46. The Hall–Kier alpha value is -1.54. The second-order valence-corrected chi connectivity index (χ2v) is 4.99. The highest BCUT2D eigenvalue weighted by atomic mass is 16.5. The molecule has 2 heteroatoms. The second-order valence-electron chi connectivity index (χ2n) is 4.99. The van der Waals surface area contributed by atoms with Crippen LogP contribution in [0.3, 0.4) is 0 Å². The van der Waals surface area contributed by atoms with Gasteiger partial charge in [0.15, 0.2) is 0 Å². The Morgan fingerprint density at radius 2 is 1.79 bits per heavy atom. The van der Waals surface area contributed by atoms with Crippen molar-refractivity contribution in [3.05, 3.63) is 42.0 Å². The Bertz CT molecular complexity index is 536. The van der Waals surface area contributed by atoms with E-state index >= 15 is 0 Å². The topological polar surface area (TPSA) is 35.2 Å².